The molecule has 0 atom stereocenters. The van der Waals surface area contributed by atoms with E-state index in [1.54, 1.807) is 12.1 Å². The van der Waals surface area contributed by atoms with Crippen molar-refractivity contribution >= 4 is 11.9 Å². The second kappa shape index (κ2) is 8.13. The first-order valence-electron chi connectivity index (χ1n) is 7.67. The van der Waals surface area contributed by atoms with Gasteiger partial charge in [0.05, 0.1) is 5.56 Å². The van der Waals surface area contributed by atoms with E-state index in [1.807, 2.05) is 50.2 Å². The Labute approximate surface area is 136 Å². The molecular formula is C19H21NO3. The van der Waals surface area contributed by atoms with E-state index < -0.39 is 5.97 Å². The molecule has 23 heavy (non-hydrogen) atoms. The lowest BCUT2D eigenvalue weighted by molar-refractivity contribution is -0.124. The van der Waals surface area contributed by atoms with Gasteiger partial charge in [0.15, 0.2) is 6.61 Å². The third-order valence-corrected chi connectivity index (χ3v) is 3.67. The van der Waals surface area contributed by atoms with Crippen LogP contribution in [0.3, 0.4) is 0 Å². The van der Waals surface area contributed by atoms with Gasteiger partial charge >= 0.3 is 5.97 Å². The number of nitrogens with one attached hydrogen (secondary N) is 1. The van der Waals surface area contributed by atoms with E-state index in [4.69, 9.17) is 4.74 Å². The molecule has 0 unspecified atom stereocenters. The number of benzene rings is 2. The summed E-state index contributed by atoms with van der Waals surface area (Å²) in [7, 11) is 0. The van der Waals surface area contributed by atoms with Crippen LogP contribution in [0.25, 0.3) is 0 Å². The average molecular weight is 311 g/mol. The van der Waals surface area contributed by atoms with E-state index in [0.29, 0.717) is 12.1 Å². The molecule has 0 heterocycles. The lowest BCUT2D eigenvalue weighted by Gasteiger charge is -2.08. The van der Waals surface area contributed by atoms with Crippen molar-refractivity contribution in [2.24, 2.45) is 0 Å². The largest absolute Gasteiger partial charge is 0.452 e. The normalized spacial score (nSPS) is 10.2. The molecule has 1 amide bonds. The summed E-state index contributed by atoms with van der Waals surface area (Å²) in [5, 5.41) is 2.75. The van der Waals surface area contributed by atoms with Crippen LogP contribution in [0.15, 0.2) is 48.5 Å². The van der Waals surface area contributed by atoms with Crippen LogP contribution in [0.5, 0.6) is 0 Å². The molecule has 0 fully saturated rings. The molecule has 2 aromatic rings. The van der Waals surface area contributed by atoms with Crippen LogP contribution in [0.4, 0.5) is 0 Å². The van der Waals surface area contributed by atoms with Crippen molar-refractivity contribution in [2.75, 3.05) is 6.61 Å². The molecule has 0 saturated heterocycles. The zero-order valence-electron chi connectivity index (χ0n) is 13.5. The number of hydrogen-bond donors (Lipinski definition) is 1. The predicted molar refractivity (Wildman–Crippen MR) is 89.1 cm³/mol. The van der Waals surface area contributed by atoms with Gasteiger partial charge in [-0.25, -0.2) is 4.79 Å². The molecule has 2 aromatic carbocycles. The third-order valence-electron chi connectivity index (χ3n) is 3.67. The number of aryl methyl sites for hydroxylation is 2. The molecule has 4 nitrogen and oxygen atoms in total. The highest BCUT2D eigenvalue weighted by atomic mass is 16.5. The third kappa shape index (κ3) is 4.95. The fourth-order valence-electron chi connectivity index (χ4n) is 2.14. The molecule has 4 heteroatoms. The minimum absolute atomic E-state index is 0.278. The lowest BCUT2D eigenvalue weighted by atomic mass is 10.1. The molecule has 2 rings (SSSR count). The summed E-state index contributed by atoms with van der Waals surface area (Å²) >= 11 is 0. The minimum atomic E-state index is -0.487. The van der Waals surface area contributed by atoms with E-state index in [2.05, 4.69) is 5.32 Å². The van der Waals surface area contributed by atoms with E-state index in [-0.39, 0.29) is 12.5 Å². The maximum Gasteiger partial charge on any atom is 0.338 e. The second-order valence-electron chi connectivity index (χ2n) is 5.33. The lowest BCUT2D eigenvalue weighted by Crippen LogP contribution is -2.28. The van der Waals surface area contributed by atoms with Crippen LogP contribution in [0.1, 0.15) is 34.0 Å². The van der Waals surface area contributed by atoms with Gasteiger partial charge in [0.25, 0.3) is 5.91 Å². The number of rotatable bonds is 6. The highest BCUT2D eigenvalue weighted by Gasteiger charge is 2.10. The Morgan fingerprint density at radius 2 is 1.74 bits per heavy atom. The highest BCUT2D eigenvalue weighted by molar-refractivity contribution is 5.91. The summed E-state index contributed by atoms with van der Waals surface area (Å²) < 4.78 is 5.03. The predicted octanol–water partition coefficient (Wildman–Crippen LogP) is 3.03. The van der Waals surface area contributed by atoms with E-state index in [1.165, 1.54) is 0 Å². The van der Waals surface area contributed by atoms with Crippen LogP contribution in [-0.2, 0) is 22.5 Å². The van der Waals surface area contributed by atoms with Gasteiger partial charge in [-0.2, -0.15) is 0 Å². The molecule has 0 aliphatic rings. The summed E-state index contributed by atoms with van der Waals surface area (Å²) in [5.74, 6) is -0.800. The summed E-state index contributed by atoms with van der Waals surface area (Å²) in [6.45, 7) is 4.18. The SMILES string of the molecule is CCc1ccc(C(=O)OCC(=O)NCc2ccccc2C)cc1. The minimum Gasteiger partial charge on any atom is -0.452 e. The molecule has 1 N–H and O–H groups in total. The number of hydrogen-bond acceptors (Lipinski definition) is 3. The quantitative estimate of drug-likeness (QED) is 0.834. The van der Waals surface area contributed by atoms with Crippen LogP contribution in [0, 0.1) is 6.92 Å². The van der Waals surface area contributed by atoms with Gasteiger partial charge in [0, 0.05) is 6.54 Å². The van der Waals surface area contributed by atoms with Gasteiger partial charge in [-0.1, -0.05) is 43.3 Å². The Balaban J connectivity index is 1.79. The van der Waals surface area contributed by atoms with Gasteiger partial charge in [-0.3, -0.25) is 4.79 Å². The van der Waals surface area contributed by atoms with Crippen molar-refractivity contribution in [3.63, 3.8) is 0 Å². The number of carbonyl (C=O) groups excluding carboxylic acids is 2. The van der Waals surface area contributed by atoms with Crippen molar-refractivity contribution in [2.45, 2.75) is 26.8 Å². The Hall–Kier alpha value is -2.62. The van der Waals surface area contributed by atoms with Crippen molar-refractivity contribution < 1.29 is 14.3 Å². The summed E-state index contributed by atoms with van der Waals surface area (Å²) in [5.41, 5.74) is 3.76. The smallest absolute Gasteiger partial charge is 0.338 e. The zero-order chi connectivity index (χ0) is 16.7. The van der Waals surface area contributed by atoms with Gasteiger partial charge < -0.3 is 10.1 Å². The maximum absolute atomic E-state index is 11.9. The molecule has 0 aliphatic carbocycles. The number of amides is 1. The average Bonchev–Trinajstić information content (AvgIpc) is 2.59. The standard InChI is InChI=1S/C19H21NO3/c1-3-15-8-10-16(11-9-15)19(22)23-13-18(21)20-12-17-7-5-4-6-14(17)2/h4-11H,3,12-13H2,1-2H3,(H,20,21). The van der Waals surface area contributed by atoms with Crippen LogP contribution in [0.2, 0.25) is 0 Å². The van der Waals surface area contributed by atoms with Crippen LogP contribution >= 0.6 is 0 Å². The van der Waals surface area contributed by atoms with Crippen molar-refractivity contribution in [3.05, 3.63) is 70.8 Å². The number of esters is 1. The monoisotopic (exact) mass is 311 g/mol. The summed E-state index contributed by atoms with van der Waals surface area (Å²) in [4.78, 5) is 23.7. The maximum atomic E-state index is 11.9. The first-order valence-corrected chi connectivity index (χ1v) is 7.67. The second-order valence-corrected chi connectivity index (χ2v) is 5.33. The first kappa shape index (κ1) is 16.7. The number of carbonyl (C=O) groups is 2. The molecule has 0 radical (unpaired) electrons. The van der Waals surface area contributed by atoms with Gasteiger partial charge in [0.2, 0.25) is 0 Å². The van der Waals surface area contributed by atoms with Crippen molar-refractivity contribution in [3.8, 4) is 0 Å². The molecule has 0 spiro atoms. The first-order chi connectivity index (χ1) is 11.1. The van der Waals surface area contributed by atoms with Crippen LogP contribution < -0.4 is 5.32 Å². The zero-order valence-corrected chi connectivity index (χ0v) is 13.5. The Kier molecular flexibility index (Phi) is 5.92. The molecule has 0 aliphatic heterocycles. The fraction of sp³-hybridized carbons (Fsp3) is 0.263. The summed E-state index contributed by atoms with van der Waals surface area (Å²) in [6, 6.07) is 15.0. The Morgan fingerprint density at radius 3 is 2.39 bits per heavy atom. The Bertz CT molecular complexity index is 677. The molecular weight excluding hydrogens is 290 g/mol. The van der Waals surface area contributed by atoms with Crippen molar-refractivity contribution in [1.82, 2.24) is 5.32 Å². The van der Waals surface area contributed by atoms with E-state index in [9.17, 15) is 9.59 Å². The highest BCUT2D eigenvalue weighted by Crippen LogP contribution is 2.07. The Morgan fingerprint density at radius 1 is 1.04 bits per heavy atom. The van der Waals surface area contributed by atoms with Gasteiger partial charge in [-0.05, 0) is 42.2 Å². The van der Waals surface area contributed by atoms with Crippen molar-refractivity contribution in [1.29, 1.82) is 0 Å². The number of ether oxygens (including phenoxy) is 1. The van der Waals surface area contributed by atoms with Gasteiger partial charge in [0.1, 0.15) is 0 Å². The van der Waals surface area contributed by atoms with Crippen LogP contribution in [-0.4, -0.2) is 18.5 Å². The summed E-state index contributed by atoms with van der Waals surface area (Å²) in [6.07, 6.45) is 0.913. The fourth-order valence-corrected chi connectivity index (χ4v) is 2.14. The topological polar surface area (TPSA) is 55.4 Å². The molecule has 0 aromatic heterocycles. The van der Waals surface area contributed by atoms with E-state index in [0.717, 1.165) is 23.1 Å². The van der Waals surface area contributed by atoms with E-state index >= 15 is 0 Å². The molecule has 0 bridgehead atoms. The molecule has 0 saturated carbocycles. The van der Waals surface area contributed by atoms with Gasteiger partial charge in [-0.15, -0.1) is 0 Å². The molecule has 120 valence electrons.